The molecule has 0 aliphatic rings. The molecule has 2 N–H and O–H groups in total. The number of sulfonamides is 1. The van der Waals surface area contributed by atoms with Gasteiger partial charge in [0.05, 0.1) is 11.8 Å². The van der Waals surface area contributed by atoms with Crippen molar-refractivity contribution >= 4 is 21.8 Å². The highest BCUT2D eigenvalue weighted by Crippen LogP contribution is 2.20. The maximum Gasteiger partial charge on any atom is 0.335 e. The zero-order valence-corrected chi connectivity index (χ0v) is 11.4. The van der Waals surface area contributed by atoms with Crippen molar-refractivity contribution < 1.29 is 18.3 Å². The van der Waals surface area contributed by atoms with E-state index in [0.717, 1.165) is 17.4 Å². The minimum atomic E-state index is -3.35. The summed E-state index contributed by atoms with van der Waals surface area (Å²) in [5, 5.41) is 8.81. The molecule has 7 heteroatoms. The molecular formula is C13H12N2O4S. The molecule has 0 bridgehead atoms. The SMILES string of the molecule is CS(=O)(=O)Nc1ccc(-c2ccc(C(=O)O)cc2)cn1. The Balaban J connectivity index is 2.23. The molecule has 20 heavy (non-hydrogen) atoms. The molecule has 0 radical (unpaired) electrons. The van der Waals surface area contributed by atoms with Crippen LogP contribution in [0.4, 0.5) is 5.82 Å². The number of carboxylic acids is 1. The summed E-state index contributed by atoms with van der Waals surface area (Å²) >= 11 is 0. The first-order valence-electron chi connectivity index (χ1n) is 5.63. The number of hydrogen-bond donors (Lipinski definition) is 2. The highest BCUT2D eigenvalue weighted by Gasteiger charge is 2.05. The Morgan fingerprint density at radius 2 is 1.70 bits per heavy atom. The van der Waals surface area contributed by atoms with Gasteiger partial charge in [-0.05, 0) is 29.8 Å². The lowest BCUT2D eigenvalue weighted by Crippen LogP contribution is -2.10. The molecule has 2 aromatic rings. The van der Waals surface area contributed by atoms with Crippen LogP contribution in [0.25, 0.3) is 11.1 Å². The molecule has 1 aromatic heterocycles. The molecule has 0 aliphatic heterocycles. The van der Waals surface area contributed by atoms with Crippen molar-refractivity contribution in [1.82, 2.24) is 4.98 Å². The van der Waals surface area contributed by atoms with Crippen LogP contribution in [0.3, 0.4) is 0 Å². The van der Waals surface area contributed by atoms with Crippen molar-refractivity contribution in [1.29, 1.82) is 0 Å². The van der Waals surface area contributed by atoms with Crippen molar-refractivity contribution in [3.05, 3.63) is 48.2 Å². The van der Waals surface area contributed by atoms with E-state index < -0.39 is 16.0 Å². The summed E-state index contributed by atoms with van der Waals surface area (Å²) < 4.78 is 24.4. The van der Waals surface area contributed by atoms with E-state index in [9.17, 15) is 13.2 Å². The Bertz CT molecular complexity index is 722. The molecule has 0 atom stereocenters. The third kappa shape index (κ3) is 3.55. The van der Waals surface area contributed by atoms with Gasteiger partial charge in [-0.25, -0.2) is 18.2 Å². The normalized spacial score (nSPS) is 11.1. The maximum atomic E-state index is 11.1. The molecule has 0 saturated heterocycles. The average Bonchev–Trinajstić information content (AvgIpc) is 2.38. The summed E-state index contributed by atoms with van der Waals surface area (Å²) in [5.74, 6) is -0.749. The molecule has 0 unspecified atom stereocenters. The van der Waals surface area contributed by atoms with Crippen LogP contribution in [0.5, 0.6) is 0 Å². The lowest BCUT2D eigenvalue weighted by molar-refractivity contribution is 0.0697. The minimum Gasteiger partial charge on any atom is -0.478 e. The largest absolute Gasteiger partial charge is 0.478 e. The summed E-state index contributed by atoms with van der Waals surface area (Å²) in [6.07, 6.45) is 2.57. The van der Waals surface area contributed by atoms with Gasteiger partial charge in [0, 0.05) is 11.8 Å². The first kappa shape index (κ1) is 14.0. The number of nitrogens with zero attached hydrogens (tertiary/aromatic N) is 1. The number of anilines is 1. The lowest BCUT2D eigenvalue weighted by atomic mass is 10.1. The van der Waals surface area contributed by atoms with Gasteiger partial charge in [-0.3, -0.25) is 4.72 Å². The number of aromatic carboxylic acids is 1. The molecule has 0 fully saturated rings. The second-order valence-electron chi connectivity index (χ2n) is 4.19. The Morgan fingerprint density at radius 3 is 2.15 bits per heavy atom. The maximum absolute atomic E-state index is 11.1. The predicted octanol–water partition coefficient (Wildman–Crippen LogP) is 1.82. The summed E-state index contributed by atoms with van der Waals surface area (Å²) in [6.45, 7) is 0. The van der Waals surface area contributed by atoms with Gasteiger partial charge in [-0.1, -0.05) is 12.1 Å². The highest BCUT2D eigenvalue weighted by molar-refractivity contribution is 7.92. The number of nitrogens with one attached hydrogen (secondary N) is 1. The van der Waals surface area contributed by atoms with Gasteiger partial charge in [-0.2, -0.15) is 0 Å². The standard InChI is InChI=1S/C13H12N2O4S/c1-20(18,19)15-12-7-6-11(8-14-12)9-2-4-10(5-3-9)13(16)17/h2-8H,1H3,(H,14,15)(H,16,17). The van der Waals surface area contributed by atoms with Crippen LogP contribution in [-0.4, -0.2) is 30.7 Å². The molecule has 6 nitrogen and oxygen atoms in total. The van der Waals surface area contributed by atoms with Crippen LogP contribution in [0.15, 0.2) is 42.6 Å². The fourth-order valence-corrected chi connectivity index (χ4v) is 2.12. The molecular weight excluding hydrogens is 280 g/mol. The highest BCUT2D eigenvalue weighted by atomic mass is 32.2. The second-order valence-corrected chi connectivity index (χ2v) is 5.94. The van der Waals surface area contributed by atoms with Gasteiger partial charge in [0.25, 0.3) is 0 Å². The topological polar surface area (TPSA) is 96.4 Å². The Hall–Kier alpha value is -2.41. The zero-order valence-electron chi connectivity index (χ0n) is 10.6. The van der Waals surface area contributed by atoms with Crippen molar-refractivity contribution in [2.45, 2.75) is 0 Å². The van der Waals surface area contributed by atoms with Gasteiger partial charge < -0.3 is 5.11 Å². The summed E-state index contributed by atoms with van der Waals surface area (Å²) in [7, 11) is -3.35. The monoisotopic (exact) mass is 292 g/mol. The van der Waals surface area contributed by atoms with E-state index in [1.54, 1.807) is 24.3 Å². The number of carboxylic acid groups (broad SMARTS) is 1. The fraction of sp³-hybridized carbons (Fsp3) is 0.0769. The van der Waals surface area contributed by atoms with Gasteiger partial charge in [-0.15, -0.1) is 0 Å². The van der Waals surface area contributed by atoms with Crippen LogP contribution in [0, 0.1) is 0 Å². The van der Waals surface area contributed by atoms with Gasteiger partial charge in [0.1, 0.15) is 5.82 Å². The van der Waals surface area contributed by atoms with Crippen molar-refractivity contribution in [2.24, 2.45) is 0 Å². The average molecular weight is 292 g/mol. The Labute approximate surface area is 116 Å². The number of carbonyl (C=O) groups is 1. The van der Waals surface area contributed by atoms with Crippen LogP contribution in [0.1, 0.15) is 10.4 Å². The summed E-state index contributed by atoms with van der Waals surface area (Å²) in [4.78, 5) is 14.7. The number of hydrogen-bond acceptors (Lipinski definition) is 4. The fourth-order valence-electron chi connectivity index (χ4n) is 1.62. The Morgan fingerprint density at radius 1 is 1.10 bits per heavy atom. The third-order valence-electron chi connectivity index (χ3n) is 2.52. The molecule has 1 heterocycles. The number of benzene rings is 1. The molecule has 0 aliphatic carbocycles. The van der Waals surface area contributed by atoms with Crippen molar-refractivity contribution in [3.63, 3.8) is 0 Å². The zero-order chi connectivity index (χ0) is 14.8. The quantitative estimate of drug-likeness (QED) is 0.896. The van der Waals surface area contributed by atoms with Gasteiger partial charge in [0.2, 0.25) is 10.0 Å². The summed E-state index contributed by atoms with van der Waals surface area (Å²) in [5.41, 5.74) is 1.77. The first-order chi connectivity index (χ1) is 9.35. The number of rotatable bonds is 4. The first-order valence-corrected chi connectivity index (χ1v) is 7.52. The van der Waals surface area contributed by atoms with Gasteiger partial charge in [0.15, 0.2) is 0 Å². The van der Waals surface area contributed by atoms with E-state index in [1.807, 2.05) is 0 Å². The predicted molar refractivity (Wildman–Crippen MR) is 75.1 cm³/mol. The Kier molecular flexibility index (Phi) is 3.71. The number of pyridine rings is 1. The third-order valence-corrected chi connectivity index (χ3v) is 3.10. The molecule has 0 amide bonds. The lowest BCUT2D eigenvalue weighted by Gasteiger charge is -2.05. The minimum absolute atomic E-state index is 0.206. The van der Waals surface area contributed by atoms with E-state index in [2.05, 4.69) is 9.71 Å². The van der Waals surface area contributed by atoms with Crippen LogP contribution in [-0.2, 0) is 10.0 Å². The molecule has 0 spiro atoms. The summed E-state index contributed by atoms with van der Waals surface area (Å²) in [6, 6.07) is 9.59. The van der Waals surface area contributed by atoms with Crippen molar-refractivity contribution in [3.8, 4) is 11.1 Å². The van der Waals surface area contributed by atoms with E-state index in [-0.39, 0.29) is 11.4 Å². The van der Waals surface area contributed by atoms with E-state index in [0.29, 0.717) is 0 Å². The van der Waals surface area contributed by atoms with Crippen molar-refractivity contribution in [2.75, 3.05) is 11.0 Å². The molecule has 0 saturated carbocycles. The van der Waals surface area contributed by atoms with E-state index in [1.165, 1.54) is 18.3 Å². The van der Waals surface area contributed by atoms with Crippen LogP contribution in [0.2, 0.25) is 0 Å². The molecule has 104 valence electrons. The van der Waals surface area contributed by atoms with E-state index in [4.69, 9.17) is 5.11 Å². The van der Waals surface area contributed by atoms with E-state index >= 15 is 0 Å². The second kappa shape index (κ2) is 5.30. The molecule has 2 rings (SSSR count). The van der Waals surface area contributed by atoms with Crippen LogP contribution < -0.4 is 4.72 Å². The molecule has 1 aromatic carbocycles. The number of aromatic nitrogens is 1. The van der Waals surface area contributed by atoms with Gasteiger partial charge >= 0.3 is 5.97 Å². The van der Waals surface area contributed by atoms with Crippen LogP contribution >= 0.6 is 0 Å². The smallest absolute Gasteiger partial charge is 0.335 e.